The van der Waals surface area contributed by atoms with Gasteiger partial charge in [-0.25, -0.2) is 0 Å². The minimum Gasteiger partial charge on any atom is -0.492 e. The van der Waals surface area contributed by atoms with Gasteiger partial charge in [0.15, 0.2) is 0 Å². The summed E-state index contributed by atoms with van der Waals surface area (Å²) in [5.74, 6) is 1.77. The fraction of sp³-hybridized carbons (Fsp3) is 0.424. The van der Waals surface area contributed by atoms with E-state index in [1.165, 1.54) is 27.2 Å². The van der Waals surface area contributed by atoms with Crippen molar-refractivity contribution in [3.05, 3.63) is 82.7 Å². The molecule has 3 heterocycles. The van der Waals surface area contributed by atoms with E-state index in [1.807, 2.05) is 24.3 Å². The van der Waals surface area contributed by atoms with E-state index in [9.17, 15) is 0 Å². The lowest BCUT2D eigenvalue weighted by Crippen LogP contribution is -2.34. The highest BCUT2D eigenvalue weighted by Gasteiger charge is 2.21. The second-order valence-electron chi connectivity index (χ2n) is 10.5. The van der Waals surface area contributed by atoms with Crippen molar-refractivity contribution >= 4 is 28.3 Å². The van der Waals surface area contributed by atoms with Crippen LogP contribution in [0.2, 0.25) is 0 Å². The van der Waals surface area contributed by atoms with Gasteiger partial charge in [0.1, 0.15) is 24.2 Å². The summed E-state index contributed by atoms with van der Waals surface area (Å²) < 4.78 is 16.1. The summed E-state index contributed by atoms with van der Waals surface area (Å²) in [4.78, 5) is 6.98. The molecule has 0 amide bonds. The van der Waals surface area contributed by atoms with E-state index in [0.29, 0.717) is 12.7 Å². The standard InChI is InChI=1S/C33H42N4O2S/c1-4-8-30(34-2)33(25-9-6-5-7-10-25)37(24-26-23-32-31(36(26)3)17-22-40-32)20-21-38-27-11-13-28(14-12-27)39-29-15-18-35-19-16-29/h6,9-14,17,22-23,29,35H,2,4-5,7-8,15-16,18-21,24H2,1,3H3/b33-30-. The number of piperidine rings is 1. The zero-order chi connectivity index (χ0) is 27.7. The third-order valence-electron chi connectivity index (χ3n) is 7.69. The van der Waals surface area contributed by atoms with E-state index in [1.54, 1.807) is 11.3 Å². The summed E-state index contributed by atoms with van der Waals surface area (Å²) >= 11 is 1.79. The normalized spacial score (nSPS) is 16.5. The number of ether oxygens (including phenoxy) is 2. The quantitative estimate of drug-likeness (QED) is 0.225. The third kappa shape index (κ3) is 6.88. The molecule has 40 heavy (non-hydrogen) atoms. The number of thiophene rings is 1. The van der Waals surface area contributed by atoms with Crippen molar-refractivity contribution in [2.24, 2.45) is 12.0 Å². The second-order valence-corrected chi connectivity index (χ2v) is 11.5. The molecule has 6 nitrogen and oxygen atoms in total. The molecular weight excluding hydrogens is 516 g/mol. The number of rotatable bonds is 13. The van der Waals surface area contributed by atoms with E-state index >= 15 is 0 Å². The van der Waals surface area contributed by atoms with Gasteiger partial charge in [0.2, 0.25) is 0 Å². The molecule has 1 saturated heterocycles. The summed E-state index contributed by atoms with van der Waals surface area (Å²) in [5, 5.41) is 5.55. The Kier molecular flexibility index (Phi) is 9.79. The van der Waals surface area contributed by atoms with E-state index in [4.69, 9.17) is 9.47 Å². The van der Waals surface area contributed by atoms with Crippen LogP contribution in [0.25, 0.3) is 10.2 Å². The lowest BCUT2D eigenvalue weighted by atomic mass is 10.00. The number of nitrogens with one attached hydrogen (secondary N) is 1. The average molecular weight is 559 g/mol. The molecule has 0 spiro atoms. The Morgan fingerprint density at radius 3 is 2.65 bits per heavy atom. The third-order valence-corrected chi connectivity index (χ3v) is 8.55. The van der Waals surface area contributed by atoms with Crippen molar-refractivity contribution < 1.29 is 9.47 Å². The molecule has 1 fully saturated rings. The van der Waals surface area contributed by atoms with Gasteiger partial charge in [-0.15, -0.1) is 11.3 Å². The number of fused-ring (bicyclic) bond motifs is 1. The van der Waals surface area contributed by atoms with Crippen molar-refractivity contribution in [1.29, 1.82) is 0 Å². The SMILES string of the molecule is C=N/C(CCC)=C(/C1=CCCC=C1)N(CCOc1ccc(OC2CCNCC2)cc1)Cc1cc2sccc2n1C. The van der Waals surface area contributed by atoms with Crippen molar-refractivity contribution in [3.63, 3.8) is 0 Å². The first-order chi connectivity index (χ1) is 19.7. The molecule has 7 heteroatoms. The van der Waals surface area contributed by atoms with Crippen LogP contribution in [0.3, 0.4) is 0 Å². The molecule has 0 bridgehead atoms. The largest absolute Gasteiger partial charge is 0.492 e. The Bertz CT molecular complexity index is 1360. The predicted octanol–water partition coefficient (Wildman–Crippen LogP) is 7.24. The van der Waals surface area contributed by atoms with Crippen LogP contribution in [0.15, 0.2) is 82.0 Å². The Hall–Kier alpha value is -3.29. The Morgan fingerprint density at radius 2 is 1.95 bits per heavy atom. The van der Waals surface area contributed by atoms with Crippen molar-refractivity contribution in [2.75, 3.05) is 26.2 Å². The average Bonchev–Trinajstić information content (AvgIpc) is 3.57. The van der Waals surface area contributed by atoms with E-state index in [-0.39, 0.29) is 0 Å². The minimum atomic E-state index is 0.290. The molecule has 1 aliphatic carbocycles. The predicted molar refractivity (Wildman–Crippen MR) is 168 cm³/mol. The maximum Gasteiger partial charge on any atom is 0.119 e. The van der Waals surface area contributed by atoms with E-state index < -0.39 is 0 Å². The number of benzene rings is 1. The molecule has 0 unspecified atom stereocenters. The molecule has 0 saturated carbocycles. The van der Waals surface area contributed by atoms with Crippen LogP contribution in [0.1, 0.15) is 51.1 Å². The number of aliphatic imine (C=N–C) groups is 1. The Labute approximate surface area is 242 Å². The van der Waals surface area contributed by atoms with Crippen LogP contribution >= 0.6 is 11.3 Å². The zero-order valence-corrected chi connectivity index (χ0v) is 24.7. The lowest BCUT2D eigenvalue weighted by Gasteiger charge is -2.31. The van der Waals surface area contributed by atoms with Gasteiger partial charge in [0, 0.05) is 12.7 Å². The molecule has 2 aromatic heterocycles. The van der Waals surface area contributed by atoms with Gasteiger partial charge in [-0.05, 0) is 99.3 Å². The monoisotopic (exact) mass is 558 g/mol. The smallest absolute Gasteiger partial charge is 0.119 e. The second kappa shape index (κ2) is 13.9. The van der Waals surface area contributed by atoms with Crippen molar-refractivity contribution in [1.82, 2.24) is 14.8 Å². The first kappa shape index (κ1) is 28.2. The topological polar surface area (TPSA) is 51.0 Å². The Morgan fingerprint density at radius 1 is 1.15 bits per heavy atom. The van der Waals surface area contributed by atoms with Gasteiger partial charge in [-0.1, -0.05) is 31.6 Å². The summed E-state index contributed by atoms with van der Waals surface area (Å²) in [5.41, 5.74) is 6.01. The number of hydrogen-bond acceptors (Lipinski definition) is 6. The number of allylic oxidation sites excluding steroid dienone is 4. The zero-order valence-electron chi connectivity index (χ0n) is 23.9. The van der Waals surface area contributed by atoms with Crippen molar-refractivity contribution in [3.8, 4) is 11.5 Å². The molecule has 0 radical (unpaired) electrons. The highest BCUT2D eigenvalue weighted by molar-refractivity contribution is 7.17. The fourth-order valence-corrected chi connectivity index (χ4v) is 6.42. The van der Waals surface area contributed by atoms with Gasteiger partial charge in [0.05, 0.1) is 34.7 Å². The van der Waals surface area contributed by atoms with Crippen LogP contribution in [0.5, 0.6) is 11.5 Å². The molecule has 1 aliphatic heterocycles. The summed E-state index contributed by atoms with van der Waals surface area (Å²) in [6.45, 7) is 10.3. The molecular formula is C33H42N4O2S. The van der Waals surface area contributed by atoms with E-state index in [0.717, 1.165) is 81.9 Å². The summed E-state index contributed by atoms with van der Waals surface area (Å²) in [7, 11) is 2.16. The highest BCUT2D eigenvalue weighted by Crippen LogP contribution is 2.31. The van der Waals surface area contributed by atoms with Crippen LogP contribution in [-0.2, 0) is 13.6 Å². The van der Waals surface area contributed by atoms with E-state index in [2.05, 4.69) is 76.2 Å². The van der Waals surface area contributed by atoms with Crippen LogP contribution in [-0.4, -0.2) is 48.5 Å². The molecule has 0 atom stereocenters. The fourth-order valence-electron chi connectivity index (χ4n) is 5.54. The lowest BCUT2D eigenvalue weighted by molar-refractivity contribution is 0.162. The van der Waals surface area contributed by atoms with Gasteiger partial charge in [0.25, 0.3) is 0 Å². The van der Waals surface area contributed by atoms with Crippen LogP contribution in [0.4, 0.5) is 0 Å². The maximum absolute atomic E-state index is 6.29. The minimum absolute atomic E-state index is 0.290. The summed E-state index contributed by atoms with van der Waals surface area (Å²) in [6, 6.07) is 12.6. The molecule has 1 N–H and O–H groups in total. The first-order valence-corrected chi connectivity index (χ1v) is 15.5. The van der Waals surface area contributed by atoms with Gasteiger partial charge < -0.3 is 24.3 Å². The number of hydrogen-bond donors (Lipinski definition) is 1. The molecule has 3 aromatic rings. The molecule has 5 rings (SSSR count). The highest BCUT2D eigenvalue weighted by atomic mass is 32.1. The number of aromatic nitrogens is 1. The molecule has 212 valence electrons. The van der Waals surface area contributed by atoms with Crippen LogP contribution < -0.4 is 14.8 Å². The number of nitrogens with zero attached hydrogens (tertiary/aromatic N) is 3. The Balaban J connectivity index is 1.34. The van der Waals surface area contributed by atoms with Gasteiger partial charge >= 0.3 is 0 Å². The van der Waals surface area contributed by atoms with Crippen molar-refractivity contribution in [2.45, 2.75) is 58.1 Å². The van der Waals surface area contributed by atoms with Crippen LogP contribution in [0, 0.1) is 0 Å². The maximum atomic E-state index is 6.29. The molecule has 1 aromatic carbocycles. The number of aryl methyl sites for hydroxylation is 1. The van der Waals surface area contributed by atoms with Gasteiger partial charge in [-0.3, -0.25) is 4.99 Å². The molecule has 2 aliphatic rings. The summed E-state index contributed by atoms with van der Waals surface area (Å²) in [6.07, 6.45) is 13.3. The first-order valence-electron chi connectivity index (χ1n) is 14.6. The van der Waals surface area contributed by atoms with Gasteiger partial charge in [-0.2, -0.15) is 0 Å².